The van der Waals surface area contributed by atoms with Gasteiger partial charge in [-0.2, -0.15) is 8.42 Å². The molecule has 1 heterocycles. The molecule has 152 valence electrons. The van der Waals surface area contributed by atoms with E-state index in [0.717, 1.165) is 0 Å². The molecule has 7 heteroatoms. The maximum absolute atomic E-state index is 12.9. The van der Waals surface area contributed by atoms with E-state index in [2.05, 4.69) is 0 Å². The average Bonchev–Trinajstić information content (AvgIpc) is 2.75. The molecule has 0 unspecified atom stereocenters. The van der Waals surface area contributed by atoms with Crippen LogP contribution in [0.25, 0.3) is 22.1 Å². The van der Waals surface area contributed by atoms with E-state index in [9.17, 15) is 13.2 Å². The van der Waals surface area contributed by atoms with Gasteiger partial charge < -0.3 is 13.3 Å². The van der Waals surface area contributed by atoms with Gasteiger partial charge in [0.25, 0.3) is 0 Å². The number of rotatable bonds is 6. The number of benzene rings is 3. The average molecular weight is 422 g/mol. The quantitative estimate of drug-likeness (QED) is 0.422. The van der Waals surface area contributed by atoms with Crippen LogP contribution in [0.15, 0.2) is 93.2 Å². The van der Waals surface area contributed by atoms with Gasteiger partial charge in [0.15, 0.2) is 5.43 Å². The van der Waals surface area contributed by atoms with Crippen molar-refractivity contribution in [1.82, 2.24) is 0 Å². The molecule has 0 fully saturated rings. The highest BCUT2D eigenvalue weighted by molar-refractivity contribution is 7.87. The minimum absolute atomic E-state index is 0.0654. The van der Waals surface area contributed by atoms with Crippen molar-refractivity contribution in [2.24, 2.45) is 0 Å². The lowest BCUT2D eigenvalue weighted by Gasteiger charge is -2.08. The lowest BCUT2D eigenvalue weighted by molar-refractivity contribution is 0.340. The fourth-order valence-electron chi connectivity index (χ4n) is 3.02. The van der Waals surface area contributed by atoms with Crippen LogP contribution < -0.4 is 14.3 Å². The first-order chi connectivity index (χ1) is 14.5. The highest BCUT2D eigenvalue weighted by Crippen LogP contribution is 2.26. The van der Waals surface area contributed by atoms with Gasteiger partial charge >= 0.3 is 10.1 Å². The molecule has 0 aliphatic carbocycles. The Morgan fingerprint density at radius 2 is 1.60 bits per heavy atom. The third-order valence-electron chi connectivity index (χ3n) is 4.46. The largest absolute Gasteiger partial charge is 0.494 e. The first-order valence-electron chi connectivity index (χ1n) is 9.26. The summed E-state index contributed by atoms with van der Waals surface area (Å²) in [7, 11) is -3.93. The topological polar surface area (TPSA) is 82.8 Å². The molecule has 0 saturated carbocycles. The van der Waals surface area contributed by atoms with Gasteiger partial charge in [-0.3, -0.25) is 4.79 Å². The summed E-state index contributed by atoms with van der Waals surface area (Å²) < 4.78 is 40.9. The van der Waals surface area contributed by atoms with Gasteiger partial charge in [-0.15, -0.1) is 0 Å². The van der Waals surface area contributed by atoms with Crippen LogP contribution >= 0.6 is 0 Å². The fraction of sp³-hybridized carbons (Fsp3) is 0.0870. The van der Waals surface area contributed by atoms with Crippen LogP contribution in [0.4, 0.5) is 0 Å². The number of hydrogen-bond acceptors (Lipinski definition) is 6. The maximum Gasteiger partial charge on any atom is 0.339 e. The molecule has 0 radical (unpaired) electrons. The molecule has 0 aliphatic rings. The van der Waals surface area contributed by atoms with E-state index in [4.69, 9.17) is 13.3 Å². The van der Waals surface area contributed by atoms with Crippen molar-refractivity contribution in [2.45, 2.75) is 11.8 Å². The van der Waals surface area contributed by atoms with Gasteiger partial charge in [0.05, 0.1) is 17.6 Å². The normalized spacial score (nSPS) is 11.4. The number of fused-ring (bicyclic) bond motifs is 1. The van der Waals surface area contributed by atoms with Gasteiger partial charge in [-0.05, 0) is 48.9 Å². The van der Waals surface area contributed by atoms with Crippen molar-refractivity contribution in [3.8, 4) is 22.6 Å². The molecule has 0 bridgehead atoms. The molecular weight excluding hydrogens is 404 g/mol. The lowest BCUT2D eigenvalue weighted by atomic mass is 10.1. The van der Waals surface area contributed by atoms with E-state index in [1.54, 1.807) is 48.5 Å². The summed E-state index contributed by atoms with van der Waals surface area (Å²) in [6, 6.07) is 19.2. The second-order valence-electron chi connectivity index (χ2n) is 6.44. The van der Waals surface area contributed by atoms with E-state index in [1.807, 2.05) is 6.92 Å². The summed E-state index contributed by atoms with van der Waals surface area (Å²) in [5.41, 5.74) is 1.20. The summed E-state index contributed by atoms with van der Waals surface area (Å²) in [6.07, 6.45) is 1.39. The van der Waals surface area contributed by atoms with E-state index < -0.39 is 10.1 Å². The molecule has 0 amide bonds. The predicted octanol–water partition coefficient (Wildman–Crippen LogP) is 4.63. The molecule has 0 saturated heterocycles. The predicted molar refractivity (Wildman–Crippen MR) is 113 cm³/mol. The lowest BCUT2D eigenvalue weighted by Crippen LogP contribution is -2.09. The summed E-state index contributed by atoms with van der Waals surface area (Å²) in [5.74, 6) is 0.774. The molecule has 0 atom stereocenters. The minimum atomic E-state index is -3.93. The third kappa shape index (κ3) is 3.92. The van der Waals surface area contributed by atoms with Crippen molar-refractivity contribution in [1.29, 1.82) is 0 Å². The molecule has 0 spiro atoms. The van der Waals surface area contributed by atoms with Crippen molar-refractivity contribution in [3.63, 3.8) is 0 Å². The maximum atomic E-state index is 12.9. The summed E-state index contributed by atoms with van der Waals surface area (Å²) in [5, 5.41) is 0.433. The Bertz CT molecular complexity index is 1340. The molecule has 4 rings (SSSR count). The van der Waals surface area contributed by atoms with E-state index in [0.29, 0.717) is 34.5 Å². The van der Waals surface area contributed by atoms with Gasteiger partial charge in [-0.1, -0.05) is 30.3 Å². The van der Waals surface area contributed by atoms with Crippen molar-refractivity contribution < 1.29 is 21.8 Å². The summed E-state index contributed by atoms with van der Waals surface area (Å²) in [6.45, 7) is 2.39. The Labute approximate surface area is 173 Å². The van der Waals surface area contributed by atoms with Gasteiger partial charge in [0, 0.05) is 6.07 Å². The molecule has 0 aliphatic heterocycles. The highest BCUT2D eigenvalue weighted by Gasteiger charge is 2.16. The molecule has 30 heavy (non-hydrogen) atoms. The van der Waals surface area contributed by atoms with Crippen molar-refractivity contribution in [3.05, 3.63) is 89.3 Å². The minimum Gasteiger partial charge on any atom is -0.494 e. The Hall–Kier alpha value is -3.58. The Morgan fingerprint density at radius 1 is 0.900 bits per heavy atom. The van der Waals surface area contributed by atoms with E-state index in [1.165, 1.54) is 30.5 Å². The molecule has 4 aromatic rings. The van der Waals surface area contributed by atoms with Gasteiger partial charge in [-0.25, -0.2) is 0 Å². The van der Waals surface area contributed by atoms with Crippen LogP contribution in [-0.4, -0.2) is 15.0 Å². The standard InChI is InChI=1S/C23H18O6S/c1-2-27-18-12-13-20-22(14-18)28-15-21(23(20)24)16-8-10-17(11-9-16)29-30(25,26)19-6-4-3-5-7-19/h3-15H,2H2,1H3. The first kappa shape index (κ1) is 19.7. The van der Waals surface area contributed by atoms with Crippen LogP contribution in [0.2, 0.25) is 0 Å². The van der Waals surface area contributed by atoms with Crippen molar-refractivity contribution in [2.75, 3.05) is 6.61 Å². The fourth-order valence-corrected chi connectivity index (χ4v) is 3.97. The zero-order chi connectivity index (χ0) is 21.1. The van der Waals surface area contributed by atoms with Crippen LogP contribution in [0.3, 0.4) is 0 Å². The van der Waals surface area contributed by atoms with E-state index in [-0.39, 0.29) is 16.1 Å². The molecule has 0 N–H and O–H groups in total. The summed E-state index contributed by atoms with van der Waals surface area (Å²) >= 11 is 0. The van der Waals surface area contributed by atoms with E-state index >= 15 is 0 Å². The summed E-state index contributed by atoms with van der Waals surface area (Å²) in [4.78, 5) is 12.9. The number of ether oxygens (including phenoxy) is 1. The second kappa shape index (κ2) is 8.04. The SMILES string of the molecule is CCOc1ccc2c(=O)c(-c3ccc(OS(=O)(=O)c4ccccc4)cc3)coc2c1. The number of hydrogen-bond donors (Lipinski definition) is 0. The Kier molecular flexibility index (Phi) is 5.29. The molecule has 6 nitrogen and oxygen atoms in total. The second-order valence-corrected chi connectivity index (χ2v) is 7.99. The van der Waals surface area contributed by atoms with Crippen LogP contribution in [0.1, 0.15) is 6.92 Å². The zero-order valence-electron chi connectivity index (χ0n) is 16.1. The smallest absolute Gasteiger partial charge is 0.339 e. The van der Waals surface area contributed by atoms with Crippen molar-refractivity contribution >= 4 is 21.1 Å². The Balaban J connectivity index is 1.63. The van der Waals surface area contributed by atoms with Gasteiger partial charge in [0.1, 0.15) is 28.2 Å². The van der Waals surface area contributed by atoms with Gasteiger partial charge in [0.2, 0.25) is 0 Å². The third-order valence-corrected chi connectivity index (χ3v) is 5.72. The highest BCUT2D eigenvalue weighted by atomic mass is 32.2. The van der Waals surface area contributed by atoms with Crippen LogP contribution in [0, 0.1) is 0 Å². The first-order valence-corrected chi connectivity index (χ1v) is 10.7. The zero-order valence-corrected chi connectivity index (χ0v) is 16.9. The van der Waals surface area contributed by atoms with Crippen LogP contribution in [-0.2, 0) is 10.1 Å². The molecular formula is C23H18O6S. The van der Waals surface area contributed by atoms with Crippen LogP contribution in [0.5, 0.6) is 11.5 Å². The Morgan fingerprint density at radius 3 is 2.30 bits per heavy atom. The monoisotopic (exact) mass is 422 g/mol. The molecule has 1 aromatic heterocycles. The molecule has 3 aromatic carbocycles.